The number of hydrogen-bond acceptors (Lipinski definition) is 4. The Morgan fingerprint density at radius 3 is 2.45 bits per heavy atom. The summed E-state index contributed by atoms with van der Waals surface area (Å²) >= 11 is 0. The molecule has 2 saturated carbocycles. The topological polar surface area (TPSA) is 79.5 Å². The maximum Gasteiger partial charge on any atom is 0.349 e. The van der Waals surface area contributed by atoms with Gasteiger partial charge in [0.25, 0.3) is 5.91 Å². The van der Waals surface area contributed by atoms with Crippen molar-refractivity contribution in [3.05, 3.63) is 69.3 Å². The highest BCUT2D eigenvalue weighted by molar-refractivity contribution is 5.95. The van der Waals surface area contributed by atoms with Crippen molar-refractivity contribution < 1.29 is 14.3 Å². The first-order valence-electron chi connectivity index (χ1n) is 10.7. The molecule has 2 unspecified atom stereocenters. The first kappa shape index (κ1) is 19.9. The number of rotatable bonds is 6. The number of hydrogen-bond donors (Lipinski definition) is 2. The second-order valence-electron chi connectivity index (χ2n) is 8.68. The van der Waals surface area contributed by atoms with Gasteiger partial charge in [-0.25, -0.2) is 4.79 Å². The van der Waals surface area contributed by atoms with E-state index in [1.165, 1.54) is 5.56 Å². The van der Waals surface area contributed by atoms with Gasteiger partial charge in [0.15, 0.2) is 0 Å². The highest BCUT2D eigenvalue weighted by atomic mass is 16.4. The molecule has 1 amide bonds. The minimum atomic E-state index is -0.550. The van der Waals surface area contributed by atoms with Crippen LogP contribution < -0.4 is 10.9 Å². The summed E-state index contributed by atoms with van der Waals surface area (Å²) in [5.74, 6) is 1.27. The minimum Gasteiger partial charge on any atom is -0.427 e. The molecule has 0 saturated heterocycles. The SMILES string of the molecule is Cc1cc(CCCc2ccccc2)oc(=O)c1C(=O)NC1C[C@H]2CC(O)C[C@H]2C1. The highest BCUT2D eigenvalue weighted by Crippen LogP contribution is 2.44. The van der Waals surface area contributed by atoms with Crippen molar-refractivity contribution in [2.24, 2.45) is 11.8 Å². The van der Waals surface area contributed by atoms with Gasteiger partial charge in [0.1, 0.15) is 11.3 Å². The molecule has 1 aromatic heterocycles. The van der Waals surface area contributed by atoms with Gasteiger partial charge < -0.3 is 14.8 Å². The Balaban J connectivity index is 1.35. The summed E-state index contributed by atoms with van der Waals surface area (Å²) in [6, 6.07) is 12.1. The second kappa shape index (κ2) is 8.54. The summed E-state index contributed by atoms with van der Waals surface area (Å²) in [5, 5.41) is 12.8. The zero-order chi connectivity index (χ0) is 20.4. The van der Waals surface area contributed by atoms with Crippen molar-refractivity contribution in [2.75, 3.05) is 0 Å². The van der Waals surface area contributed by atoms with E-state index < -0.39 is 5.63 Å². The molecule has 4 rings (SSSR count). The molecule has 29 heavy (non-hydrogen) atoms. The van der Waals surface area contributed by atoms with E-state index in [-0.39, 0.29) is 23.6 Å². The predicted octanol–water partition coefficient (Wildman–Crippen LogP) is 3.40. The van der Waals surface area contributed by atoms with Crippen molar-refractivity contribution in [3.63, 3.8) is 0 Å². The van der Waals surface area contributed by atoms with Crippen LogP contribution >= 0.6 is 0 Å². The van der Waals surface area contributed by atoms with Gasteiger partial charge in [-0.15, -0.1) is 0 Å². The highest BCUT2D eigenvalue weighted by Gasteiger charge is 2.41. The minimum absolute atomic E-state index is 0.0781. The fraction of sp³-hybridized carbons (Fsp3) is 0.500. The summed E-state index contributed by atoms with van der Waals surface area (Å²) in [5.41, 5.74) is 1.50. The zero-order valence-electron chi connectivity index (χ0n) is 16.9. The third-order valence-corrected chi connectivity index (χ3v) is 6.48. The van der Waals surface area contributed by atoms with Gasteiger partial charge in [0.2, 0.25) is 0 Å². The summed E-state index contributed by atoms with van der Waals surface area (Å²) in [4.78, 5) is 25.2. The Hall–Kier alpha value is -2.40. The van der Waals surface area contributed by atoms with Crippen LogP contribution in [0.2, 0.25) is 0 Å². The fourth-order valence-corrected chi connectivity index (χ4v) is 5.14. The lowest BCUT2D eigenvalue weighted by Crippen LogP contribution is -2.36. The Bertz CT molecular complexity index is 906. The Morgan fingerprint density at radius 2 is 1.79 bits per heavy atom. The van der Waals surface area contributed by atoms with Crippen molar-refractivity contribution >= 4 is 5.91 Å². The lowest BCUT2D eigenvalue weighted by molar-refractivity contribution is 0.0929. The van der Waals surface area contributed by atoms with E-state index in [0.29, 0.717) is 29.6 Å². The van der Waals surface area contributed by atoms with Crippen LogP contribution in [0.3, 0.4) is 0 Å². The molecule has 5 nitrogen and oxygen atoms in total. The van der Waals surface area contributed by atoms with Gasteiger partial charge in [-0.1, -0.05) is 30.3 Å². The number of carbonyl (C=O) groups is 1. The average Bonchev–Trinajstić information content (AvgIpc) is 3.18. The zero-order valence-corrected chi connectivity index (χ0v) is 16.9. The standard InChI is InChI=1S/C24H29NO4/c1-15-10-21(9-5-8-16-6-3-2-4-7-16)29-24(28)22(15)23(27)25-19-11-17-13-20(26)14-18(17)12-19/h2-4,6-7,10,17-20,26H,5,8-9,11-14H2,1H3,(H,25,27)/t17-,18+,19?,20?. The lowest BCUT2D eigenvalue weighted by Gasteiger charge is -2.15. The molecular weight excluding hydrogens is 366 g/mol. The average molecular weight is 395 g/mol. The van der Waals surface area contributed by atoms with Crippen LogP contribution in [0.25, 0.3) is 0 Å². The number of nitrogens with one attached hydrogen (secondary N) is 1. The number of fused-ring (bicyclic) bond motifs is 1. The number of aliphatic hydroxyl groups excluding tert-OH is 1. The van der Waals surface area contributed by atoms with Crippen LogP contribution in [0.1, 0.15) is 59.3 Å². The van der Waals surface area contributed by atoms with Gasteiger partial charge in [0, 0.05) is 12.5 Å². The summed E-state index contributed by atoms with van der Waals surface area (Å²) in [7, 11) is 0. The van der Waals surface area contributed by atoms with Crippen molar-refractivity contribution in [1.82, 2.24) is 5.32 Å². The van der Waals surface area contributed by atoms with E-state index in [1.54, 1.807) is 6.92 Å². The first-order chi connectivity index (χ1) is 14.0. The molecule has 5 heteroatoms. The summed E-state index contributed by atoms with van der Waals surface area (Å²) in [6.45, 7) is 1.80. The summed E-state index contributed by atoms with van der Waals surface area (Å²) in [6.07, 6.45) is 5.71. The third kappa shape index (κ3) is 4.61. The van der Waals surface area contributed by atoms with E-state index in [4.69, 9.17) is 4.42 Å². The van der Waals surface area contributed by atoms with Crippen LogP contribution in [0, 0.1) is 18.8 Å². The van der Waals surface area contributed by atoms with E-state index in [1.807, 2.05) is 24.3 Å². The van der Waals surface area contributed by atoms with E-state index >= 15 is 0 Å². The normalized spacial score (nSPS) is 25.7. The molecule has 2 aliphatic carbocycles. The van der Waals surface area contributed by atoms with Crippen LogP contribution in [0.5, 0.6) is 0 Å². The molecule has 2 aromatic rings. The maximum absolute atomic E-state index is 12.7. The molecule has 2 fully saturated rings. The number of benzene rings is 1. The van der Waals surface area contributed by atoms with E-state index in [0.717, 1.165) is 38.5 Å². The van der Waals surface area contributed by atoms with Crippen LogP contribution in [-0.2, 0) is 12.8 Å². The van der Waals surface area contributed by atoms with Crippen molar-refractivity contribution in [2.45, 2.75) is 64.0 Å². The van der Waals surface area contributed by atoms with Gasteiger partial charge in [0.05, 0.1) is 6.10 Å². The molecule has 0 bridgehead atoms. The molecule has 154 valence electrons. The third-order valence-electron chi connectivity index (χ3n) is 6.48. The molecule has 2 aliphatic rings. The van der Waals surface area contributed by atoms with Crippen LogP contribution in [0.15, 0.2) is 45.6 Å². The first-order valence-corrected chi connectivity index (χ1v) is 10.7. The van der Waals surface area contributed by atoms with E-state index in [9.17, 15) is 14.7 Å². The van der Waals surface area contributed by atoms with Crippen LogP contribution in [0.4, 0.5) is 0 Å². The molecule has 2 N–H and O–H groups in total. The fourth-order valence-electron chi connectivity index (χ4n) is 5.14. The van der Waals surface area contributed by atoms with Gasteiger partial charge in [-0.3, -0.25) is 4.79 Å². The Labute approximate surface area is 171 Å². The molecule has 4 atom stereocenters. The molecule has 1 aromatic carbocycles. The second-order valence-corrected chi connectivity index (χ2v) is 8.68. The molecule has 1 heterocycles. The molecule has 0 spiro atoms. The van der Waals surface area contributed by atoms with E-state index in [2.05, 4.69) is 17.4 Å². The molecule has 0 radical (unpaired) electrons. The maximum atomic E-state index is 12.7. The largest absolute Gasteiger partial charge is 0.427 e. The monoisotopic (exact) mass is 395 g/mol. The van der Waals surface area contributed by atoms with Crippen molar-refractivity contribution in [1.29, 1.82) is 0 Å². The Kier molecular flexibility index (Phi) is 5.86. The molecular formula is C24H29NO4. The quantitative estimate of drug-likeness (QED) is 0.786. The predicted molar refractivity (Wildman–Crippen MR) is 111 cm³/mol. The number of carbonyl (C=O) groups excluding carboxylic acids is 1. The number of amides is 1. The van der Waals surface area contributed by atoms with Gasteiger partial charge in [-0.05, 0) is 74.5 Å². The van der Waals surface area contributed by atoms with Gasteiger partial charge in [-0.2, -0.15) is 0 Å². The van der Waals surface area contributed by atoms with Gasteiger partial charge >= 0.3 is 5.63 Å². The van der Waals surface area contributed by atoms with Crippen LogP contribution in [-0.4, -0.2) is 23.2 Å². The number of aliphatic hydroxyl groups is 1. The molecule has 0 aliphatic heterocycles. The smallest absolute Gasteiger partial charge is 0.349 e. The summed E-state index contributed by atoms with van der Waals surface area (Å²) < 4.78 is 5.45. The lowest BCUT2D eigenvalue weighted by atomic mass is 10.0. The van der Waals surface area contributed by atoms with Crippen molar-refractivity contribution in [3.8, 4) is 0 Å². The number of aryl methyl sites for hydroxylation is 3. The Morgan fingerprint density at radius 1 is 1.10 bits per heavy atom.